The summed E-state index contributed by atoms with van der Waals surface area (Å²) in [5, 5.41) is 8.90. The van der Waals surface area contributed by atoms with Crippen LogP contribution in [0.4, 0.5) is 29.1 Å². The molecule has 1 saturated carbocycles. The molecular weight excluding hydrogens is 518 g/mol. The molecule has 0 bridgehead atoms. The largest absolute Gasteiger partial charge is 0.416 e. The van der Waals surface area contributed by atoms with E-state index >= 15 is 0 Å². The lowest BCUT2D eigenvalue weighted by molar-refractivity contribution is -0.221. The van der Waals surface area contributed by atoms with E-state index < -0.39 is 19.0 Å². The van der Waals surface area contributed by atoms with Crippen LogP contribution in [-0.4, -0.2) is 69.1 Å². The van der Waals surface area contributed by atoms with E-state index in [1.54, 1.807) is 41.7 Å². The molecule has 1 aliphatic carbocycles. The van der Waals surface area contributed by atoms with E-state index in [1.165, 1.54) is 4.52 Å². The van der Waals surface area contributed by atoms with Crippen molar-refractivity contribution in [1.82, 2.24) is 24.6 Å². The molecule has 39 heavy (non-hydrogen) atoms. The van der Waals surface area contributed by atoms with Crippen molar-refractivity contribution in [2.75, 3.05) is 36.6 Å². The summed E-state index contributed by atoms with van der Waals surface area (Å²) in [5.41, 5.74) is 2.51. The van der Waals surface area contributed by atoms with Crippen LogP contribution in [0.15, 0.2) is 36.8 Å². The Morgan fingerprint density at radius 1 is 1.21 bits per heavy atom. The van der Waals surface area contributed by atoms with E-state index in [-0.39, 0.29) is 30.9 Å². The van der Waals surface area contributed by atoms with Crippen molar-refractivity contribution in [1.29, 1.82) is 0 Å². The summed E-state index contributed by atoms with van der Waals surface area (Å²) < 4.78 is 58.9. The van der Waals surface area contributed by atoms with Crippen LogP contribution < -0.4 is 10.2 Å². The average molecular weight is 544 g/mol. The molecule has 6 rings (SSSR count). The Morgan fingerprint density at radius 2 is 2.05 bits per heavy atom. The first kappa shape index (κ1) is 25.4. The van der Waals surface area contributed by atoms with Gasteiger partial charge in [-0.3, -0.25) is 14.2 Å². The van der Waals surface area contributed by atoms with Crippen LogP contribution in [-0.2, 0) is 16.0 Å². The second kappa shape index (κ2) is 9.70. The third-order valence-electron chi connectivity index (χ3n) is 7.25. The number of ether oxygens (including phenoxy) is 1. The van der Waals surface area contributed by atoms with Gasteiger partial charge in [0.2, 0.25) is 5.91 Å². The number of hydrogen-bond acceptors (Lipinski definition) is 7. The molecule has 0 spiro atoms. The summed E-state index contributed by atoms with van der Waals surface area (Å²) in [4.78, 5) is 27.6. The number of fused-ring (bicyclic) bond motifs is 2. The normalized spacial score (nSPS) is 21.5. The molecule has 1 saturated heterocycles. The summed E-state index contributed by atoms with van der Waals surface area (Å²) >= 11 is 0. The van der Waals surface area contributed by atoms with Crippen molar-refractivity contribution < 1.29 is 27.1 Å². The van der Waals surface area contributed by atoms with Gasteiger partial charge in [0, 0.05) is 46.9 Å². The Kier molecular flexibility index (Phi) is 6.32. The second-order valence-corrected chi connectivity index (χ2v) is 9.81. The molecule has 5 heterocycles. The third kappa shape index (κ3) is 4.86. The van der Waals surface area contributed by atoms with Crippen molar-refractivity contribution in [2.24, 2.45) is 11.8 Å². The van der Waals surface area contributed by atoms with Crippen molar-refractivity contribution in [3.63, 3.8) is 0 Å². The topological polar surface area (TPSA) is 97.5 Å². The zero-order valence-corrected chi connectivity index (χ0v) is 21.0. The molecule has 0 unspecified atom stereocenters. The number of aromatic nitrogens is 5. The minimum Gasteiger partial charge on any atom is -0.365 e. The van der Waals surface area contributed by atoms with Gasteiger partial charge in [-0.05, 0) is 37.0 Å². The highest BCUT2D eigenvalue weighted by molar-refractivity contribution is 6.00. The maximum atomic E-state index is 13.2. The number of aryl methyl sites for hydroxylation is 1. The molecule has 4 aromatic rings. The molecule has 1 aliphatic heterocycles. The highest BCUT2D eigenvalue weighted by atomic mass is 19.4. The van der Waals surface area contributed by atoms with Crippen molar-refractivity contribution in [3.8, 4) is 11.4 Å². The summed E-state index contributed by atoms with van der Waals surface area (Å²) in [6, 6.07) is 5.14. The van der Waals surface area contributed by atoms with E-state index in [1.807, 2.05) is 6.92 Å². The van der Waals surface area contributed by atoms with Crippen LogP contribution in [0.2, 0.25) is 0 Å². The van der Waals surface area contributed by atoms with Gasteiger partial charge in [-0.25, -0.2) is 14.5 Å². The Morgan fingerprint density at radius 3 is 2.79 bits per heavy atom. The maximum absolute atomic E-state index is 13.2. The number of rotatable bonds is 6. The molecule has 13 heteroatoms. The lowest BCUT2D eigenvalue weighted by atomic mass is 10.1. The van der Waals surface area contributed by atoms with Gasteiger partial charge >= 0.3 is 6.18 Å². The molecule has 3 atom stereocenters. The van der Waals surface area contributed by atoms with Gasteiger partial charge in [0.1, 0.15) is 5.82 Å². The van der Waals surface area contributed by atoms with Crippen LogP contribution >= 0.6 is 0 Å². The number of nitrogens with one attached hydrogen (secondary N) is 1. The molecule has 4 aromatic heterocycles. The highest BCUT2D eigenvalue weighted by Crippen LogP contribution is 2.39. The van der Waals surface area contributed by atoms with Gasteiger partial charge < -0.3 is 15.0 Å². The number of carbonyl (C=O) groups is 1. The molecule has 1 N–H and O–H groups in total. The summed E-state index contributed by atoms with van der Waals surface area (Å²) in [7, 11) is 0. The summed E-state index contributed by atoms with van der Waals surface area (Å²) in [6.07, 6.45) is -0.159. The molecule has 2 fully saturated rings. The Labute approximate surface area is 220 Å². The first-order valence-electron chi connectivity index (χ1n) is 12.7. The number of hydrogen-bond donors (Lipinski definition) is 1. The highest BCUT2D eigenvalue weighted by Gasteiger charge is 2.44. The standard InChI is InChI=1S/C26H25F4N7O2/c1-2-20-18-10-32-22(33-25(38)16-7-14(16)9-27)8-17(18)19(11-31-20)24-34-23-4-3-15(12-37(23)35-24)36-5-6-39-21(13-36)26(28,29)30/h3-4,8,10-12,14,16,21H,2,5-7,9,13H2,1H3,(H,32,33,38)/t14-,16-,21+/m1/s1. The molecule has 0 radical (unpaired) electrons. The number of anilines is 2. The molecular formula is C26H25F4N7O2. The Balaban J connectivity index is 1.33. The SMILES string of the molecule is CCc1ncc(-c2nc3ccc(N4CCO[C@H](C(F)(F)F)C4)cn3n2)c2cc(NC(=O)[C@@H]3C[C@@H]3CF)ncc12. The number of morpholine rings is 1. The average Bonchev–Trinajstić information content (AvgIpc) is 3.62. The molecule has 204 valence electrons. The lowest BCUT2D eigenvalue weighted by Gasteiger charge is -2.35. The quantitative estimate of drug-likeness (QED) is 0.364. The number of alkyl halides is 4. The minimum absolute atomic E-state index is 0.0334. The van der Waals surface area contributed by atoms with Gasteiger partial charge in [-0.1, -0.05) is 6.92 Å². The van der Waals surface area contributed by atoms with Crippen LogP contribution in [0.1, 0.15) is 19.0 Å². The van der Waals surface area contributed by atoms with Crippen molar-refractivity contribution in [3.05, 3.63) is 42.5 Å². The number of pyridine rings is 3. The van der Waals surface area contributed by atoms with Gasteiger partial charge in [0.05, 0.1) is 31.7 Å². The fourth-order valence-electron chi connectivity index (χ4n) is 4.93. The van der Waals surface area contributed by atoms with E-state index in [0.29, 0.717) is 47.9 Å². The van der Waals surface area contributed by atoms with Gasteiger partial charge in [0.25, 0.3) is 0 Å². The Bertz CT molecular complexity index is 1560. The zero-order chi connectivity index (χ0) is 27.3. The van der Waals surface area contributed by atoms with Crippen molar-refractivity contribution in [2.45, 2.75) is 32.0 Å². The minimum atomic E-state index is -4.44. The number of halogens is 4. The number of carbonyl (C=O) groups excluding carboxylic acids is 1. The van der Waals surface area contributed by atoms with E-state index in [2.05, 4.69) is 25.4 Å². The second-order valence-electron chi connectivity index (χ2n) is 9.81. The zero-order valence-electron chi connectivity index (χ0n) is 21.0. The molecule has 1 amide bonds. The van der Waals surface area contributed by atoms with Crippen LogP contribution in [0.25, 0.3) is 27.8 Å². The van der Waals surface area contributed by atoms with Crippen LogP contribution in [0, 0.1) is 11.8 Å². The number of nitrogens with zero attached hydrogens (tertiary/aromatic N) is 6. The van der Waals surface area contributed by atoms with Crippen LogP contribution in [0.3, 0.4) is 0 Å². The molecule has 2 aliphatic rings. The van der Waals surface area contributed by atoms with E-state index in [4.69, 9.17) is 4.74 Å². The van der Waals surface area contributed by atoms with Gasteiger partial charge in [0.15, 0.2) is 17.6 Å². The van der Waals surface area contributed by atoms with E-state index in [0.717, 1.165) is 16.5 Å². The number of amides is 1. The molecule has 0 aromatic carbocycles. The van der Waals surface area contributed by atoms with Gasteiger partial charge in [-0.15, -0.1) is 5.10 Å². The monoisotopic (exact) mass is 543 g/mol. The summed E-state index contributed by atoms with van der Waals surface area (Å²) in [5.74, 6) is -0.136. The van der Waals surface area contributed by atoms with E-state index in [9.17, 15) is 22.4 Å². The Hall–Kier alpha value is -3.87. The maximum Gasteiger partial charge on any atom is 0.416 e. The predicted octanol–water partition coefficient (Wildman–Crippen LogP) is 4.21. The predicted molar refractivity (Wildman–Crippen MR) is 135 cm³/mol. The fourth-order valence-corrected chi connectivity index (χ4v) is 4.93. The van der Waals surface area contributed by atoms with Gasteiger partial charge in [-0.2, -0.15) is 13.2 Å². The van der Waals surface area contributed by atoms with Crippen molar-refractivity contribution >= 4 is 33.8 Å². The molecule has 9 nitrogen and oxygen atoms in total. The first-order chi connectivity index (χ1) is 18.7. The fraction of sp³-hybridized carbons (Fsp3) is 0.423. The summed E-state index contributed by atoms with van der Waals surface area (Å²) in [6.45, 7) is 1.43. The lowest BCUT2D eigenvalue weighted by Crippen LogP contribution is -2.49. The van der Waals surface area contributed by atoms with Crippen LogP contribution in [0.5, 0.6) is 0 Å². The third-order valence-corrected chi connectivity index (χ3v) is 7.25. The smallest absolute Gasteiger partial charge is 0.365 e. The first-order valence-corrected chi connectivity index (χ1v) is 12.7.